The van der Waals surface area contributed by atoms with Crippen LogP contribution >= 0.6 is 12.4 Å². The predicted molar refractivity (Wildman–Crippen MR) is 50.7 cm³/mol. The molecule has 0 aliphatic carbocycles. The van der Waals surface area contributed by atoms with E-state index in [-0.39, 0.29) is 18.8 Å². The monoisotopic (exact) mass is 202 g/mol. The van der Waals surface area contributed by atoms with E-state index < -0.39 is 12.0 Å². The number of hydrogen-bond donors (Lipinski definition) is 2. The van der Waals surface area contributed by atoms with Crippen LogP contribution < -0.4 is 5.73 Å². The Bertz CT molecular complexity index is 266. The van der Waals surface area contributed by atoms with Gasteiger partial charge in [-0.25, -0.2) is 0 Å². The van der Waals surface area contributed by atoms with E-state index >= 15 is 0 Å². The van der Waals surface area contributed by atoms with Crippen LogP contribution in [0.25, 0.3) is 0 Å². The lowest BCUT2D eigenvalue weighted by molar-refractivity contribution is -0.137. The molecule has 1 unspecified atom stereocenters. The van der Waals surface area contributed by atoms with Crippen LogP contribution in [0.15, 0.2) is 24.5 Å². The molecule has 0 saturated carbocycles. The molecule has 1 aromatic heterocycles. The average molecular weight is 203 g/mol. The molecule has 1 atom stereocenters. The second kappa shape index (κ2) is 5.50. The van der Waals surface area contributed by atoms with Crippen molar-refractivity contribution in [2.45, 2.75) is 12.5 Å². The summed E-state index contributed by atoms with van der Waals surface area (Å²) in [5.41, 5.74) is 6.33. The fourth-order valence-corrected chi connectivity index (χ4v) is 0.901. The van der Waals surface area contributed by atoms with Gasteiger partial charge in [0, 0.05) is 18.4 Å². The normalized spacial score (nSPS) is 11.5. The van der Waals surface area contributed by atoms with Crippen molar-refractivity contribution in [2.75, 3.05) is 0 Å². The zero-order valence-corrected chi connectivity index (χ0v) is 7.70. The number of pyridine rings is 1. The van der Waals surface area contributed by atoms with E-state index in [2.05, 4.69) is 4.98 Å². The SMILES string of the molecule is Cl.NC(CC(=O)O)c1cccnc1. The number of carboxylic acids is 1. The van der Waals surface area contributed by atoms with E-state index in [1.165, 1.54) is 0 Å². The Kier molecular flexibility index (Phi) is 5.03. The summed E-state index contributed by atoms with van der Waals surface area (Å²) in [6, 6.07) is 3.04. The fourth-order valence-electron chi connectivity index (χ4n) is 0.901. The number of rotatable bonds is 3. The minimum Gasteiger partial charge on any atom is -0.481 e. The molecule has 3 N–H and O–H groups in total. The molecule has 0 aliphatic heterocycles. The summed E-state index contributed by atoms with van der Waals surface area (Å²) < 4.78 is 0. The summed E-state index contributed by atoms with van der Waals surface area (Å²) in [5, 5.41) is 8.44. The molecule has 0 aromatic carbocycles. The molecule has 13 heavy (non-hydrogen) atoms. The summed E-state index contributed by atoms with van der Waals surface area (Å²) in [6.45, 7) is 0. The Morgan fingerprint density at radius 3 is 2.85 bits per heavy atom. The van der Waals surface area contributed by atoms with Gasteiger partial charge in [-0.2, -0.15) is 0 Å². The van der Waals surface area contributed by atoms with Crippen molar-refractivity contribution in [1.29, 1.82) is 0 Å². The fraction of sp³-hybridized carbons (Fsp3) is 0.250. The van der Waals surface area contributed by atoms with Gasteiger partial charge in [-0.3, -0.25) is 9.78 Å². The number of carboxylic acid groups (broad SMARTS) is 1. The summed E-state index contributed by atoms with van der Waals surface area (Å²) >= 11 is 0. The van der Waals surface area contributed by atoms with E-state index in [9.17, 15) is 4.79 Å². The van der Waals surface area contributed by atoms with Crippen molar-refractivity contribution in [2.24, 2.45) is 5.73 Å². The zero-order valence-electron chi connectivity index (χ0n) is 6.88. The third kappa shape index (κ3) is 3.87. The second-order valence-electron chi connectivity index (χ2n) is 2.49. The van der Waals surface area contributed by atoms with Crippen LogP contribution in [0, 0.1) is 0 Å². The summed E-state index contributed by atoms with van der Waals surface area (Å²) in [5.74, 6) is -0.897. The Balaban J connectivity index is 0.00000144. The lowest BCUT2D eigenvalue weighted by Crippen LogP contribution is -2.14. The maximum Gasteiger partial charge on any atom is 0.305 e. The van der Waals surface area contributed by atoms with Crippen LogP contribution in [-0.2, 0) is 4.79 Å². The lowest BCUT2D eigenvalue weighted by Gasteiger charge is -2.07. The Labute approximate surface area is 82.2 Å². The highest BCUT2D eigenvalue weighted by Gasteiger charge is 2.09. The minimum absolute atomic E-state index is 0. The Hall–Kier alpha value is -1.13. The number of aromatic nitrogens is 1. The van der Waals surface area contributed by atoms with Crippen molar-refractivity contribution in [1.82, 2.24) is 4.98 Å². The number of nitrogens with zero attached hydrogens (tertiary/aromatic N) is 1. The smallest absolute Gasteiger partial charge is 0.305 e. The number of aliphatic carboxylic acids is 1. The molecule has 0 spiro atoms. The first kappa shape index (κ1) is 11.9. The van der Waals surface area contributed by atoms with Gasteiger partial charge in [0.1, 0.15) is 0 Å². The quantitative estimate of drug-likeness (QED) is 0.766. The topological polar surface area (TPSA) is 76.2 Å². The van der Waals surface area contributed by atoms with Gasteiger partial charge in [0.2, 0.25) is 0 Å². The molecule has 0 aliphatic rings. The van der Waals surface area contributed by atoms with E-state index in [1.54, 1.807) is 24.5 Å². The third-order valence-corrected chi connectivity index (χ3v) is 1.51. The van der Waals surface area contributed by atoms with Gasteiger partial charge < -0.3 is 10.8 Å². The molecule has 1 aromatic rings. The number of halogens is 1. The molecule has 0 saturated heterocycles. The van der Waals surface area contributed by atoms with Gasteiger partial charge in [-0.05, 0) is 11.6 Å². The summed E-state index contributed by atoms with van der Waals surface area (Å²) in [7, 11) is 0. The average Bonchev–Trinajstić information content (AvgIpc) is 2.05. The van der Waals surface area contributed by atoms with Gasteiger partial charge in [-0.1, -0.05) is 6.07 Å². The van der Waals surface area contributed by atoms with Crippen molar-refractivity contribution in [3.63, 3.8) is 0 Å². The Morgan fingerprint density at radius 2 is 2.38 bits per heavy atom. The molecule has 72 valence electrons. The van der Waals surface area contributed by atoms with Gasteiger partial charge >= 0.3 is 5.97 Å². The minimum atomic E-state index is -0.897. The largest absolute Gasteiger partial charge is 0.481 e. The van der Waals surface area contributed by atoms with Crippen LogP contribution in [0.1, 0.15) is 18.0 Å². The van der Waals surface area contributed by atoms with Gasteiger partial charge in [0.05, 0.1) is 6.42 Å². The predicted octanol–water partition coefficient (Wildman–Crippen LogP) is 0.978. The second-order valence-corrected chi connectivity index (χ2v) is 2.49. The van der Waals surface area contributed by atoms with Gasteiger partial charge in [-0.15, -0.1) is 12.4 Å². The summed E-state index contributed by atoms with van der Waals surface area (Å²) in [4.78, 5) is 14.1. The number of carbonyl (C=O) groups is 1. The van der Waals surface area contributed by atoms with Gasteiger partial charge in [0.15, 0.2) is 0 Å². The van der Waals surface area contributed by atoms with E-state index in [0.717, 1.165) is 5.56 Å². The first-order valence-corrected chi connectivity index (χ1v) is 3.57. The molecule has 0 amide bonds. The van der Waals surface area contributed by atoms with Crippen LogP contribution in [0.4, 0.5) is 0 Å². The van der Waals surface area contributed by atoms with E-state index in [4.69, 9.17) is 10.8 Å². The van der Waals surface area contributed by atoms with E-state index in [0.29, 0.717) is 0 Å². The van der Waals surface area contributed by atoms with Crippen LogP contribution in [0.5, 0.6) is 0 Å². The van der Waals surface area contributed by atoms with Crippen molar-refractivity contribution < 1.29 is 9.90 Å². The van der Waals surface area contributed by atoms with Crippen molar-refractivity contribution in [3.8, 4) is 0 Å². The summed E-state index contributed by atoms with van der Waals surface area (Å²) in [6.07, 6.45) is 3.14. The van der Waals surface area contributed by atoms with Crippen LogP contribution in [0.2, 0.25) is 0 Å². The van der Waals surface area contributed by atoms with Crippen LogP contribution in [-0.4, -0.2) is 16.1 Å². The molecule has 5 heteroatoms. The molecule has 0 radical (unpaired) electrons. The standard InChI is InChI=1S/C8H10N2O2.ClH/c9-7(4-8(11)12)6-2-1-3-10-5-6;/h1-3,5,7H,4,9H2,(H,11,12);1H. The molecule has 0 fully saturated rings. The van der Waals surface area contributed by atoms with Crippen molar-refractivity contribution in [3.05, 3.63) is 30.1 Å². The maximum atomic E-state index is 10.3. The highest BCUT2D eigenvalue weighted by molar-refractivity contribution is 5.85. The highest BCUT2D eigenvalue weighted by Crippen LogP contribution is 2.11. The molecule has 4 nitrogen and oxygen atoms in total. The third-order valence-electron chi connectivity index (χ3n) is 1.51. The maximum absolute atomic E-state index is 10.3. The first-order valence-electron chi connectivity index (χ1n) is 3.57. The zero-order chi connectivity index (χ0) is 8.97. The molecular formula is C8H11ClN2O2. The van der Waals surface area contributed by atoms with Gasteiger partial charge in [0.25, 0.3) is 0 Å². The molecular weight excluding hydrogens is 192 g/mol. The Morgan fingerprint density at radius 1 is 1.69 bits per heavy atom. The lowest BCUT2D eigenvalue weighted by atomic mass is 10.1. The number of hydrogen-bond acceptors (Lipinski definition) is 3. The van der Waals surface area contributed by atoms with Crippen molar-refractivity contribution >= 4 is 18.4 Å². The highest BCUT2D eigenvalue weighted by atomic mass is 35.5. The first-order chi connectivity index (χ1) is 5.70. The van der Waals surface area contributed by atoms with E-state index in [1.807, 2.05) is 0 Å². The molecule has 0 bridgehead atoms. The molecule has 1 heterocycles. The number of nitrogens with two attached hydrogens (primary N) is 1. The molecule has 1 rings (SSSR count). The van der Waals surface area contributed by atoms with Crippen LogP contribution in [0.3, 0.4) is 0 Å².